The van der Waals surface area contributed by atoms with Gasteiger partial charge in [0.25, 0.3) is 0 Å². The van der Waals surface area contributed by atoms with Crippen LogP contribution in [0, 0.1) is 0 Å². The second kappa shape index (κ2) is 6.89. The summed E-state index contributed by atoms with van der Waals surface area (Å²) < 4.78 is 4.92. The van der Waals surface area contributed by atoms with Crippen molar-refractivity contribution >= 4 is 5.97 Å². The van der Waals surface area contributed by atoms with Gasteiger partial charge >= 0.3 is 5.97 Å². The van der Waals surface area contributed by atoms with Crippen LogP contribution in [0.15, 0.2) is 36.9 Å². The van der Waals surface area contributed by atoms with E-state index in [0.29, 0.717) is 12.5 Å². The molecule has 0 amide bonds. The van der Waals surface area contributed by atoms with Gasteiger partial charge in [0, 0.05) is 6.08 Å². The van der Waals surface area contributed by atoms with Gasteiger partial charge in [-0.1, -0.05) is 44.7 Å². The average Bonchev–Trinajstić information content (AvgIpc) is 2.34. The van der Waals surface area contributed by atoms with Crippen molar-refractivity contribution in [3.63, 3.8) is 0 Å². The van der Waals surface area contributed by atoms with E-state index in [1.54, 1.807) is 0 Å². The van der Waals surface area contributed by atoms with E-state index in [1.165, 1.54) is 17.2 Å². The minimum atomic E-state index is -0.347. The average molecular weight is 232 g/mol. The highest BCUT2D eigenvalue weighted by Gasteiger charge is 2.00. The van der Waals surface area contributed by atoms with E-state index in [2.05, 4.69) is 44.7 Å². The molecule has 1 aromatic carbocycles. The number of benzene rings is 1. The van der Waals surface area contributed by atoms with Crippen LogP contribution >= 0.6 is 0 Å². The first-order valence-corrected chi connectivity index (χ1v) is 6.01. The van der Waals surface area contributed by atoms with Crippen LogP contribution in [0.1, 0.15) is 37.3 Å². The predicted molar refractivity (Wildman–Crippen MR) is 70.0 cm³/mol. The molecule has 92 valence electrons. The molecule has 0 aliphatic heterocycles. The van der Waals surface area contributed by atoms with Crippen molar-refractivity contribution in [1.29, 1.82) is 0 Å². The second-order valence-electron chi connectivity index (χ2n) is 4.37. The summed E-state index contributed by atoms with van der Waals surface area (Å²) in [5.74, 6) is 0.220. The van der Waals surface area contributed by atoms with Crippen molar-refractivity contribution in [3.05, 3.63) is 48.0 Å². The van der Waals surface area contributed by atoms with E-state index in [-0.39, 0.29) is 5.97 Å². The Morgan fingerprint density at radius 2 is 2.00 bits per heavy atom. The third-order valence-electron chi connectivity index (χ3n) is 2.67. The van der Waals surface area contributed by atoms with E-state index in [4.69, 9.17) is 4.74 Å². The Labute approximate surface area is 103 Å². The maximum absolute atomic E-state index is 10.8. The van der Waals surface area contributed by atoms with Gasteiger partial charge in [-0.05, 0) is 29.9 Å². The summed E-state index contributed by atoms with van der Waals surface area (Å²) in [5.41, 5.74) is 2.64. The molecule has 1 rings (SSSR count). The van der Waals surface area contributed by atoms with Gasteiger partial charge in [-0.3, -0.25) is 0 Å². The molecule has 0 saturated heterocycles. The monoisotopic (exact) mass is 232 g/mol. The van der Waals surface area contributed by atoms with Crippen LogP contribution in [-0.2, 0) is 16.0 Å². The Bertz CT molecular complexity index is 363. The number of rotatable bonds is 6. The van der Waals surface area contributed by atoms with Crippen LogP contribution in [0.25, 0.3) is 0 Å². The summed E-state index contributed by atoms with van der Waals surface area (Å²) in [6.45, 7) is 8.17. The summed E-state index contributed by atoms with van der Waals surface area (Å²) in [6, 6.07) is 8.61. The first-order chi connectivity index (χ1) is 8.13. The Morgan fingerprint density at radius 3 is 2.53 bits per heavy atom. The highest BCUT2D eigenvalue weighted by Crippen LogP contribution is 2.15. The molecule has 0 unspecified atom stereocenters. The zero-order valence-corrected chi connectivity index (χ0v) is 10.6. The minimum absolute atomic E-state index is 0.347. The molecule has 0 saturated carbocycles. The first kappa shape index (κ1) is 13.5. The Kier molecular flexibility index (Phi) is 5.47. The van der Waals surface area contributed by atoms with Crippen LogP contribution in [0.5, 0.6) is 0 Å². The van der Waals surface area contributed by atoms with Crippen molar-refractivity contribution in [2.75, 3.05) is 6.61 Å². The fourth-order valence-electron chi connectivity index (χ4n) is 1.58. The maximum atomic E-state index is 10.8. The van der Waals surface area contributed by atoms with Gasteiger partial charge in [0.2, 0.25) is 0 Å². The van der Waals surface area contributed by atoms with Crippen LogP contribution in [0.3, 0.4) is 0 Å². The Morgan fingerprint density at radius 1 is 1.35 bits per heavy atom. The number of esters is 1. The summed E-state index contributed by atoms with van der Waals surface area (Å²) in [6.07, 6.45) is 2.97. The smallest absolute Gasteiger partial charge is 0.330 e. The lowest BCUT2D eigenvalue weighted by molar-refractivity contribution is -0.137. The highest BCUT2D eigenvalue weighted by molar-refractivity contribution is 5.81. The first-order valence-electron chi connectivity index (χ1n) is 6.01. The van der Waals surface area contributed by atoms with E-state index in [1.807, 2.05) is 0 Å². The minimum Gasteiger partial charge on any atom is -0.463 e. The Hall–Kier alpha value is -1.57. The predicted octanol–water partition coefficient (Wildman–Crippen LogP) is 3.47. The van der Waals surface area contributed by atoms with Gasteiger partial charge < -0.3 is 4.74 Å². The third kappa shape index (κ3) is 4.85. The fourth-order valence-corrected chi connectivity index (χ4v) is 1.58. The van der Waals surface area contributed by atoms with Gasteiger partial charge in [-0.25, -0.2) is 4.79 Å². The molecule has 0 N–H and O–H groups in total. The topological polar surface area (TPSA) is 26.3 Å². The molecular formula is C15H20O2. The second-order valence-corrected chi connectivity index (χ2v) is 4.37. The summed E-state index contributed by atoms with van der Waals surface area (Å²) in [4.78, 5) is 10.8. The molecule has 0 bridgehead atoms. The molecule has 0 aliphatic carbocycles. The molecular weight excluding hydrogens is 212 g/mol. The molecule has 2 nitrogen and oxygen atoms in total. The number of hydrogen-bond donors (Lipinski definition) is 0. The normalized spacial score (nSPS) is 10.3. The fraction of sp³-hybridized carbons (Fsp3) is 0.400. The van der Waals surface area contributed by atoms with Crippen molar-refractivity contribution < 1.29 is 9.53 Å². The van der Waals surface area contributed by atoms with Crippen LogP contribution < -0.4 is 0 Å². The van der Waals surface area contributed by atoms with Crippen molar-refractivity contribution in [1.82, 2.24) is 0 Å². The summed E-state index contributed by atoms with van der Waals surface area (Å²) in [7, 11) is 0. The quantitative estimate of drug-likeness (QED) is 0.426. The SMILES string of the molecule is C=CC(=O)OCCCc1ccc(C(C)C)cc1. The van der Waals surface area contributed by atoms with Gasteiger partial charge in [0.15, 0.2) is 0 Å². The zero-order chi connectivity index (χ0) is 12.7. The lowest BCUT2D eigenvalue weighted by atomic mass is 10.0. The molecule has 0 fully saturated rings. The van der Waals surface area contributed by atoms with Crippen molar-refractivity contribution in [3.8, 4) is 0 Å². The van der Waals surface area contributed by atoms with Crippen LogP contribution in [-0.4, -0.2) is 12.6 Å². The van der Waals surface area contributed by atoms with Gasteiger partial charge in [-0.15, -0.1) is 0 Å². The molecule has 1 aromatic rings. The summed E-state index contributed by atoms with van der Waals surface area (Å²) >= 11 is 0. The number of carbonyl (C=O) groups is 1. The molecule has 0 spiro atoms. The number of ether oxygens (including phenoxy) is 1. The van der Waals surface area contributed by atoms with E-state index in [0.717, 1.165) is 12.8 Å². The number of aryl methyl sites for hydroxylation is 1. The Balaban J connectivity index is 2.32. The largest absolute Gasteiger partial charge is 0.463 e. The molecule has 0 radical (unpaired) electrons. The number of hydrogen-bond acceptors (Lipinski definition) is 2. The molecule has 17 heavy (non-hydrogen) atoms. The number of carbonyl (C=O) groups excluding carboxylic acids is 1. The van der Waals surface area contributed by atoms with E-state index >= 15 is 0 Å². The van der Waals surface area contributed by atoms with Crippen molar-refractivity contribution in [2.45, 2.75) is 32.6 Å². The molecule has 2 heteroatoms. The van der Waals surface area contributed by atoms with Crippen LogP contribution in [0.2, 0.25) is 0 Å². The molecule has 0 aromatic heterocycles. The third-order valence-corrected chi connectivity index (χ3v) is 2.67. The maximum Gasteiger partial charge on any atom is 0.330 e. The lowest BCUT2D eigenvalue weighted by Gasteiger charge is -2.07. The zero-order valence-electron chi connectivity index (χ0n) is 10.6. The van der Waals surface area contributed by atoms with Crippen molar-refractivity contribution in [2.24, 2.45) is 0 Å². The van der Waals surface area contributed by atoms with Gasteiger partial charge in [0.1, 0.15) is 0 Å². The molecule has 0 heterocycles. The molecule has 0 aliphatic rings. The highest BCUT2D eigenvalue weighted by atomic mass is 16.5. The van der Waals surface area contributed by atoms with Gasteiger partial charge in [-0.2, -0.15) is 0 Å². The molecule has 0 atom stereocenters. The van der Waals surface area contributed by atoms with Gasteiger partial charge in [0.05, 0.1) is 6.61 Å². The van der Waals surface area contributed by atoms with E-state index in [9.17, 15) is 4.79 Å². The standard InChI is InChI=1S/C15H20O2/c1-4-15(16)17-11-5-6-13-7-9-14(10-8-13)12(2)3/h4,7-10,12H,1,5-6,11H2,2-3H3. The lowest BCUT2D eigenvalue weighted by Crippen LogP contribution is -2.02. The van der Waals surface area contributed by atoms with Crippen LogP contribution in [0.4, 0.5) is 0 Å². The summed E-state index contributed by atoms with van der Waals surface area (Å²) in [5, 5.41) is 0. The van der Waals surface area contributed by atoms with E-state index < -0.39 is 0 Å².